The predicted molar refractivity (Wildman–Crippen MR) is 101 cm³/mol. The van der Waals surface area contributed by atoms with E-state index in [1.165, 1.54) is 13.2 Å². The van der Waals surface area contributed by atoms with Crippen molar-refractivity contribution in [2.75, 3.05) is 30.9 Å². The monoisotopic (exact) mass is 423 g/mol. The number of nitrogens with zero attached hydrogens (tertiary/aromatic N) is 2. The van der Waals surface area contributed by atoms with Gasteiger partial charge in [0.15, 0.2) is 6.54 Å². The van der Waals surface area contributed by atoms with E-state index in [-0.39, 0.29) is 12.1 Å². The van der Waals surface area contributed by atoms with Gasteiger partial charge >= 0.3 is 5.17 Å². The fraction of sp³-hybridized carbons (Fsp3) is 0.278. The van der Waals surface area contributed by atoms with Crippen LogP contribution in [0.15, 0.2) is 46.9 Å². The smallest absolute Gasteiger partial charge is 0.316 e. The molecule has 4 rings (SSSR count). The summed E-state index contributed by atoms with van der Waals surface area (Å²) in [5, 5.41) is 12.4. The lowest BCUT2D eigenvalue weighted by Gasteiger charge is -2.23. The molecule has 2 aliphatic heterocycles. The van der Waals surface area contributed by atoms with Crippen LogP contribution in [0.5, 0.6) is 5.75 Å². The molecular weight excluding hydrogens is 407 g/mol. The first-order chi connectivity index (χ1) is 12.0. The van der Waals surface area contributed by atoms with Crippen LogP contribution >= 0.6 is 27.7 Å². The summed E-state index contributed by atoms with van der Waals surface area (Å²) < 4.78 is 22.6. The highest BCUT2D eigenvalue weighted by Gasteiger charge is 2.55. The molecule has 0 bridgehead atoms. The van der Waals surface area contributed by atoms with E-state index in [1.807, 2.05) is 33.7 Å². The number of methoxy groups -OCH3 is 1. The Morgan fingerprint density at radius 2 is 2.04 bits per heavy atom. The molecule has 0 aromatic heterocycles. The molecule has 0 radical (unpaired) electrons. The van der Waals surface area contributed by atoms with Gasteiger partial charge < -0.3 is 9.84 Å². The number of aliphatic hydroxyl groups is 1. The van der Waals surface area contributed by atoms with Gasteiger partial charge in [-0.2, -0.15) is 0 Å². The first-order valence-corrected chi connectivity index (χ1v) is 9.68. The molecule has 1 unspecified atom stereocenters. The molecular formula is C18H17BrFN2O2S+. The van der Waals surface area contributed by atoms with E-state index in [0.29, 0.717) is 12.3 Å². The van der Waals surface area contributed by atoms with Crippen molar-refractivity contribution in [3.8, 4) is 5.75 Å². The first kappa shape index (κ1) is 16.9. The Balaban J connectivity index is 1.77. The lowest BCUT2D eigenvalue weighted by molar-refractivity contribution is -0.651. The van der Waals surface area contributed by atoms with Crippen molar-refractivity contribution in [1.29, 1.82) is 0 Å². The van der Waals surface area contributed by atoms with Crippen LogP contribution in [0.4, 0.5) is 10.1 Å². The van der Waals surface area contributed by atoms with Crippen LogP contribution in [0.25, 0.3) is 0 Å². The molecule has 4 nitrogen and oxygen atoms in total. The molecule has 1 N–H and O–H groups in total. The Morgan fingerprint density at radius 3 is 2.72 bits per heavy atom. The maximum absolute atomic E-state index is 14.7. The second kappa shape index (κ2) is 6.30. The van der Waals surface area contributed by atoms with Crippen LogP contribution in [-0.2, 0) is 5.72 Å². The third-order valence-electron chi connectivity index (χ3n) is 4.58. The Morgan fingerprint density at radius 1 is 1.28 bits per heavy atom. The molecule has 0 amide bonds. The zero-order chi connectivity index (χ0) is 17.6. The number of hydrogen-bond donors (Lipinski definition) is 1. The summed E-state index contributed by atoms with van der Waals surface area (Å²) in [5.41, 5.74) is -0.155. The van der Waals surface area contributed by atoms with E-state index < -0.39 is 11.5 Å². The van der Waals surface area contributed by atoms with Gasteiger partial charge in [0.1, 0.15) is 17.3 Å². The zero-order valence-corrected chi connectivity index (χ0v) is 16.0. The quantitative estimate of drug-likeness (QED) is 0.767. The largest absolute Gasteiger partial charge is 0.497 e. The average molecular weight is 424 g/mol. The van der Waals surface area contributed by atoms with Gasteiger partial charge in [-0.3, -0.25) is 0 Å². The first-order valence-electron chi connectivity index (χ1n) is 7.90. The third-order valence-corrected chi connectivity index (χ3v) is 6.19. The molecule has 2 heterocycles. The van der Waals surface area contributed by atoms with Crippen LogP contribution in [0.2, 0.25) is 0 Å². The maximum atomic E-state index is 14.7. The van der Waals surface area contributed by atoms with Crippen molar-refractivity contribution >= 4 is 38.5 Å². The number of β-amino-alcohol motifs (C(OH)–C–C–N with tert-alkyl or cyclic N) is 1. The fourth-order valence-corrected chi connectivity index (χ4v) is 4.79. The summed E-state index contributed by atoms with van der Waals surface area (Å²) in [7, 11) is 1.50. The van der Waals surface area contributed by atoms with Crippen molar-refractivity contribution in [3.05, 3.63) is 58.3 Å². The fourth-order valence-electron chi connectivity index (χ4n) is 3.34. The van der Waals surface area contributed by atoms with Gasteiger partial charge in [-0.15, -0.1) is 0 Å². The van der Waals surface area contributed by atoms with E-state index in [2.05, 4.69) is 15.9 Å². The number of anilines is 1. The maximum Gasteiger partial charge on any atom is 0.316 e. The molecule has 0 fully saturated rings. The number of hydrogen-bond acceptors (Lipinski definition) is 4. The summed E-state index contributed by atoms with van der Waals surface area (Å²) >= 11 is 5.12. The van der Waals surface area contributed by atoms with Gasteiger partial charge in [0, 0.05) is 16.3 Å². The van der Waals surface area contributed by atoms with Crippen LogP contribution in [0.1, 0.15) is 5.56 Å². The Hall–Kier alpha value is -1.57. The lowest BCUT2D eigenvalue weighted by Crippen LogP contribution is -2.42. The third kappa shape index (κ3) is 2.74. The highest BCUT2D eigenvalue weighted by molar-refractivity contribution is 9.10. The normalized spacial score (nSPS) is 22.5. The predicted octanol–water partition coefficient (Wildman–Crippen LogP) is 3.38. The van der Waals surface area contributed by atoms with E-state index in [0.717, 1.165) is 21.1 Å². The minimum absolute atomic E-state index is 0.271. The molecule has 2 aromatic rings. The highest BCUT2D eigenvalue weighted by Crippen LogP contribution is 2.39. The van der Waals surface area contributed by atoms with E-state index in [1.54, 1.807) is 23.9 Å². The summed E-state index contributed by atoms with van der Waals surface area (Å²) in [5.74, 6) is 0.839. The van der Waals surface area contributed by atoms with Gasteiger partial charge in [0.25, 0.3) is 5.72 Å². The van der Waals surface area contributed by atoms with Crippen LogP contribution in [0, 0.1) is 5.82 Å². The second-order valence-corrected chi connectivity index (χ2v) is 7.99. The second-order valence-electron chi connectivity index (χ2n) is 6.01. The summed E-state index contributed by atoms with van der Waals surface area (Å²) in [6, 6.07) is 12.5. The van der Waals surface area contributed by atoms with E-state index >= 15 is 0 Å². The van der Waals surface area contributed by atoms with Gasteiger partial charge in [-0.05, 0) is 48.2 Å². The SMILES string of the molecule is COc1ccc(C2(O)CN(c3ccc(Br)cc3)C3=[N+]2CCS3)c(F)c1. The summed E-state index contributed by atoms with van der Waals surface area (Å²) in [6.07, 6.45) is 0. The molecule has 0 saturated carbocycles. The van der Waals surface area contributed by atoms with Crippen LogP contribution < -0.4 is 9.64 Å². The number of halogens is 2. The standard InChI is InChI=1S/C18H17BrFN2O2S/c1-24-14-6-7-15(16(20)10-14)18(23)11-21(17-22(18)8-9-25-17)13-4-2-12(19)3-5-13/h2-7,10,23H,8-9,11H2,1H3/q+1. The lowest BCUT2D eigenvalue weighted by atomic mass is 10.0. The molecule has 2 aromatic carbocycles. The van der Waals surface area contributed by atoms with Crippen molar-refractivity contribution in [2.24, 2.45) is 0 Å². The number of rotatable bonds is 3. The van der Waals surface area contributed by atoms with Crippen LogP contribution in [-0.4, -0.2) is 40.8 Å². The Kier molecular flexibility index (Phi) is 4.25. The minimum atomic E-state index is -1.40. The number of ether oxygens (including phenoxy) is 1. The number of thioether (sulfide) groups is 1. The minimum Gasteiger partial charge on any atom is -0.497 e. The molecule has 0 aliphatic carbocycles. The van der Waals surface area contributed by atoms with Crippen LogP contribution in [0.3, 0.4) is 0 Å². The van der Waals surface area contributed by atoms with Crippen molar-refractivity contribution < 1.29 is 18.8 Å². The van der Waals surface area contributed by atoms with Crippen molar-refractivity contribution in [1.82, 2.24) is 0 Å². The molecule has 25 heavy (non-hydrogen) atoms. The van der Waals surface area contributed by atoms with Gasteiger partial charge in [0.05, 0.1) is 19.2 Å². The highest BCUT2D eigenvalue weighted by atomic mass is 79.9. The molecule has 1 atom stereocenters. The Bertz CT molecular complexity index is 859. The van der Waals surface area contributed by atoms with Gasteiger partial charge in [-0.25, -0.2) is 13.9 Å². The number of amidine groups is 1. The van der Waals surface area contributed by atoms with E-state index in [9.17, 15) is 9.50 Å². The summed E-state index contributed by atoms with van der Waals surface area (Å²) in [4.78, 5) is 2.05. The molecule has 2 aliphatic rings. The van der Waals surface area contributed by atoms with Crippen molar-refractivity contribution in [3.63, 3.8) is 0 Å². The zero-order valence-electron chi connectivity index (χ0n) is 13.6. The topological polar surface area (TPSA) is 35.7 Å². The van der Waals surface area contributed by atoms with E-state index in [4.69, 9.17) is 4.74 Å². The molecule has 0 saturated heterocycles. The average Bonchev–Trinajstić information content (AvgIpc) is 3.19. The van der Waals surface area contributed by atoms with Crippen molar-refractivity contribution in [2.45, 2.75) is 5.72 Å². The van der Waals surface area contributed by atoms with Gasteiger partial charge in [0.2, 0.25) is 0 Å². The summed E-state index contributed by atoms with van der Waals surface area (Å²) in [6.45, 7) is 0.954. The number of benzene rings is 2. The molecule has 130 valence electrons. The molecule has 0 spiro atoms. The Labute approximate surface area is 158 Å². The van der Waals surface area contributed by atoms with Gasteiger partial charge in [-0.1, -0.05) is 15.9 Å². The molecule has 7 heteroatoms.